The number of oxime groups is 1. The van der Waals surface area contributed by atoms with E-state index in [1.165, 1.54) is 6.21 Å². The van der Waals surface area contributed by atoms with Crippen molar-refractivity contribution >= 4 is 18.2 Å². The highest BCUT2D eigenvalue weighted by atomic mass is 16.6. The molecular weight excluding hydrogens is 326 g/mol. The number of carbonyl (C=O) groups is 2. The minimum absolute atomic E-state index is 0.361. The Morgan fingerprint density at radius 2 is 2.04 bits per heavy atom. The molecule has 0 fully saturated rings. The van der Waals surface area contributed by atoms with Crippen LogP contribution in [0.2, 0.25) is 0 Å². The Morgan fingerprint density at radius 1 is 1.28 bits per heavy atom. The van der Waals surface area contributed by atoms with Gasteiger partial charge in [-0.25, -0.2) is 4.79 Å². The number of hydrogen-bond donors (Lipinski definition) is 2. The van der Waals surface area contributed by atoms with E-state index in [1.54, 1.807) is 32.2 Å². The molecule has 0 aromatic heterocycles. The SMILES string of the molecule is CCNC(=O)NC(=O)CO/N=C\c1ccc(OCC(C)C)c(OC)c1. The Hall–Kier alpha value is -2.77. The Morgan fingerprint density at radius 3 is 2.68 bits per heavy atom. The number of imide groups is 1. The number of benzene rings is 1. The summed E-state index contributed by atoms with van der Waals surface area (Å²) in [6, 6.07) is 4.75. The number of nitrogens with zero attached hydrogens (tertiary/aromatic N) is 1. The van der Waals surface area contributed by atoms with Crippen molar-refractivity contribution in [3.8, 4) is 11.5 Å². The second-order valence-corrected chi connectivity index (χ2v) is 5.53. The van der Waals surface area contributed by atoms with Crippen LogP contribution in [0.15, 0.2) is 23.4 Å². The van der Waals surface area contributed by atoms with Crippen molar-refractivity contribution in [1.82, 2.24) is 10.6 Å². The molecular formula is C17H25N3O5. The summed E-state index contributed by atoms with van der Waals surface area (Å²) in [6.45, 7) is 6.53. The maximum absolute atomic E-state index is 11.4. The van der Waals surface area contributed by atoms with Gasteiger partial charge in [-0.05, 0) is 31.0 Å². The van der Waals surface area contributed by atoms with Gasteiger partial charge in [0, 0.05) is 12.1 Å². The van der Waals surface area contributed by atoms with E-state index in [-0.39, 0.29) is 6.61 Å². The van der Waals surface area contributed by atoms with E-state index >= 15 is 0 Å². The van der Waals surface area contributed by atoms with Crippen LogP contribution in [0.4, 0.5) is 4.79 Å². The van der Waals surface area contributed by atoms with Crippen LogP contribution in [0, 0.1) is 5.92 Å². The van der Waals surface area contributed by atoms with E-state index in [0.29, 0.717) is 30.6 Å². The summed E-state index contributed by atoms with van der Waals surface area (Å²) in [4.78, 5) is 27.4. The number of carbonyl (C=O) groups excluding carboxylic acids is 2. The number of ether oxygens (including phenoxy) is 2. The van der Waals surface area contributed by atoms with Crippen molar-refractivity contribution in [2.24, 2.45) is 11.1 Å². The molecule has 8 heteroatoms. The molecule has 0 aliphatic rings. The third kappa shape index (κ3) is 8.05. The molecule has 0 saturated carbocycles. The molecule has 0 aliphatic carbocycles. The molecule has 2 N–H and O–H groups in total. The van der Waals surface area contributed by atoms with Gasteiger partial charge < -0.3 is 19.6 Å². The van der Waals surface area contributed by atoms with Crippen LogP contribution in [0.5, 0.6) is 11.5 Å². The lowest BCUT2D eigenvalue weighted by Gasteiger charge is -2.12. The number of hydrogen-bond acceptors (Lipinski definition) is 6. The van der Waals surface area contributed by atoms with Gasteiger partial charge in [-0.1, -0.05) is 19.0 Å². The predicted octanol–water partition coefficient (Wildman–Crippen LogP) is 1.93. The number of urea groups is 1. The fourth-order valence-corrected chi connectivity index (χ4v) is 1.70. The fraction of sp³-hybridized carbons (Fsp3) is 0.471. The van der Waals surface area contributed by atoms with Crippen molar-refractivity contribution in [3.63, 3.8) is 0 Å². The number of rotatable bonds is 9. The summed E-state index contributed by atoms with van der Waals surface area (Å²) in [7, 11) is 1.56. The van der Waals surface area contributed by atoms with Crippen molar-refractivity contribution in [3.05, 3.63) is 23.8 Å². The Labute approximate surface area is 147 Å². The predicted molar refractivity (Wildman–Crippen MR) is 94.1 cm³/mol. The molecule has 1 aromatic rings. The maximum atomic E-state index is 11.4. The summed E-state index contributed by atoms with van der Waals surface area (Å²) in [6.07, 6.45) is 1.44. The second-order valence-electron chi connectivity index (χ2n) is 5.53. The highest BCUT2D eigenvalue weighted by Gasteiger charge is 2.07. The normalized spacial score (nSPS) is 10.6. The van der Waals surface area contributed by atoms with Gasteiger partial charge in [0.1, 0.15) is 0 Å². The summed E-state index contributed by atoms with van der Waals surface area (Å²) in [5.41, 5.74) is 0.720. The third-order valence-corrected chi connectivity index (χ3v) is 2.82. The molecule has 1 aromatic carbocycles. The first kappa shape index (κ1) is 20.3. The molecule has 138 valence electrons. The summed E-state index contributed by atoms with van der Waals surface area (Å²) < 4.78 is 11.0. The zero-order chi connectivity index (χ0) is 18.7. The van der Waals surface area contributed by atoms with Gasteiger partial charge in [0.15, 0.2) is 18.1 Å². The smallest absolute Gasteiger partial charge is 0.321 e. The van der Waals surface area contributed by atoms with Crippen LogP contribution in [-0.2, 0) is 9.63 Å². The maximum Gasteiger partial charge on any atom is 0.321 e. The highest BCUT2D eigenvalue weighted by Crippen LogP contribution is 2.27. The molecule has 0 atom stereocenters. The highest BCUT2D eigenvalue weighted by molar-refractivity contribution is 5.94. The van der Waals surface area contributed by atoms with Crippen molar-refractivity contribution in [2.75, 3.05) is 26.9 Å². The zero-order valence-electron chi connectivity index (χ0n) is 15.0. The van der Waals surface area contributed by atoms with Gasteiger partial charge in [0.25, 0.3) is 5.91 Å². The van der Waals surface area contributed by atoms with Crippen LogP contribution in [-0.4, -0.2) is 45.0 Å². The minimum atomic E-state index is -0.585. The van der Waals surface area contributed by atoms with E-state index in [0.717, 1.165) is 5.56 Å². The first-order valence-corrected chi connectivity index (χ1v) is 8.00. The quantitative estimate of drug-likeness (QED) is 0.523. The molecule has 0 radical (unpaired) electrons. The van der Waals surface area contributed by atoms with Gasteiger partial charge in [0.2, 0.25) is 0 Å². The zero-order valence-corrected chi connectivity index (χ0v) is 15.0. The van der Waals surface area contributed by atoms with Gasteiger partial charge in [-0.3, -0.25) is 10.1 Å². The van der Waals surface area contributed by atoms with E-state index in [1.807, 2.05) is 0 Å². The lowest BCUT2D eigenvalue weighted by Crippen LogP contribution is -2.40. The Kier molecular flexibility index (Phi) is 8.84. The molecule has 0 heterocycles. The second kappa shape index (κ2) is 10.9. The van der Waals surface area contributed by atoms with Crippen molar-refractivity contribution in [1.29, 1.82) is 0 Å². The molecule has 8 nitrogen and oxygen atoms in total. The van der Waals surface area contributed by atoms with Crippen LogP contribution < -0.4 is 20.1 Å². The first-order chi connectivity index (χ1) is 12.0. The average Bonchev–Trinajstić information content (AvgIpc) is 2.57. The first-order valence-electron chi connectivity index (χ1n) is 8.00. The molecule has 0 aliphatic heterocycles. The number of methoxy groups -OCH3 is 1. The number of nitrogens with one attached hydrogen (secondary N) is 2. The summed E-state index contributed by atoms with van der Waals surface area (Å²) >= 11 is 0. The van der Waals surface area contributed by atoms with Gasteiger partial charge >= 0.3 is 6.03 Å². The fourth-order valence-electron chi connectivity index (χ4n) is 1.70. The van der Waals surface area contributed by atoms with Crippen LogP contribution in [0.1, 0.15) is 26.3 Å². The average molecular weight is 351 g/mol. The monoisotopic (exact) mass is 351 g/mol. The van der Waals surface area contributed by atoms with Crippen molar-refractivity contribution in [2.45, 2.75) is 20.8 Å². The molecule has 0 unspecified atom stereocenters. The lowest BCUT2D eigenvalue weighted by molar-refractivity contribution is -0.124. The molecule has 0 spiro atoms. The Bertz CT molecular complexity index is 602. The third-order valence-electron chi connectivity index (χ3n) is 2.82. The molecule has 3 amide bonds. The van der Waals surface area contributed by atoms with Gasteiger partial charge in [0.05, 0.1) is 19.9 Å². The van der Waals surface area contributed by atoms with Gasteiger partial charge in [-0.2, -0.15) is 0 Å². The van der Waals surface area contributed by atoms with Crippen LogP contribution in [0.3, 0.4) is 0 Å². The topological polar surface area (TPSA) is 98.3 Å². The summed E-state index contributed by atoms with van der Waals surface area (Å²) in [5, 5.41) is 8.24. The van der Waals surface area contributed by atoms with Gasteiger partial charge in [-0.15, -0.1) is 0 Å². The lowest BCUT2D eigenvalue weighted by atomic mass is 10.2. The molecule has 1 rings (SSSR count). The largest absolute Gasteiger partial charge is 0.493 e. The molecule has 0 saturated heterocycles. The van der Waals surface area contributed by atoms with Crippen LogP contribution in [0.25, 0.3) is 0 Å². The standard InChI is InChI=1S/C17H25N3O5/c1-5-18-17(22)20-16(21)11-25-19-9-13-6-7-14(15(8-13)23-4)24-10-12(2)3/h6-9,12H,5,10-11H2,1-4H3,(H2,18,20,21,22)/b19-9-. The van der Waals surface area contributed by atoms with Crippen molar-refractivity contribution < 1.29 is 23.9 Å². The molecule has 25 heavy (non-hydrogen) atoms. The van der Waals surface area contributed by atoms with E-state index in [4.69, 9.17) is 14.3 Å². The van der Waals surface area contributed by atoms with Crippen LogP contribution >= 0.6 is 0 Å². The summed E-state index contributed by atoms with van der Waals surface area (Å²) in [5.74, 6) is 1.05. The van der Waals surface area contributed by atoms with E-state index in [9.17, 15) is 9.59 Å². The van der Waals surface area contributed by atoms with E-state index < -0.39 is 11.9 Å². The Balaban J connectivity index is 2.51. The number of amides is 3. The molecule has 0 bridgehead atoms. The van der Waals surface area contributed by atoms with E-state index in [2.05, 4.69) is 29.6 Å². The minimum Gasteiger partial charge on any atom is -0.493 e.